The molecule has 3 heteroatoms. The largest absolute Gasteiger partial charge is 0.384 e. The smallest absolute Gasteiger partial charge is 0.134 e. The van der Waals surface area contributed by atoms with Gasteiger partial charge in [-0.1, -0.05) is 58.4 Å². The zero-order chi connectivity index (χ0) is 14.7. The minimum absolute atomic E-state index is 0.767. The van der Waals surface area contributed by atoms with Crippen LogP contribution in [0.2, 0.25) is 0 Å². The molecule has 21 heavy (non-hydrogen) atoms. The van der Waals surface area contributed by atoms with E-state index in [2.05, 4.69) is 52.3 Å². The van der Waals surface area contributed by atoms with Crippen molar-refractivity contribution in [2.75, 3.05) is 11.6 Å². The highest BCUT2D eigenvalue weighted by Crippen LogP contribution is 2.26. The summed E-state index contributed by atoms with van der Waals surface area (Å²) >= 11 is 3.45. The van der Waals surface area contributed by atoms with Crippen LogP contribution in [0.3, 0.4) is 0 Å². The van der Waals surface area contributed by atoms with Crippen molar-refractivity contribution in [2.45, 2.75) is 6.92 Å². The quantitative estimate of drug-likeness (QED) is 0.761. The minimum Gasteiger partial charge on any atom is -0.384 e. The zero-order valence-electron chi connectivity index (χ0n) is 11.8. The summed E-state index contributed by atoms with van der Waals surface area (Å²) in [7, 11) is 0. The maximum absolute atomic E-state index is 5.82. The summed E-state index contributed by atoms with van der Waals surface area (Å²) in [5.41, 5.74) is 3.45. The van der Waals surface area contributed by atoms with Crippen molar-refractivity contribution in [1.82, 2.24) is 0 Å². The average molecular weight is 342 g/mol. The molecular formula is C18H16BrNO. The van der Waals surface area contributed by atoms with E-state index in [-0.39, 0.29) is 0 Å². The molecule has 2 nitrogen and oxygen atoms in total. The summed E-state index contributed by atoms with van der Waals surface area (Å²) in [4.78, 5) is 5.82. The normalized spacial score (nSPS) is 14.9. The third kappa shape index (κ3) is 3.37. The molecule has 106 valence electrons. The number of para-hydroxylation sites is 1. The van der Waals surface area contributed by atoms with Crippen LogP contribution in [0.4, 0.5) is 5.69 Å². The van der Waals surface area contributed by atoms with Crippen LogP contribution in [-0.4, -0.2) is 6.54 Å². The van der Waals surface area contributed by atoms with Gasteiger partial charge in [-0.3, -0.25) is 0 Å². The molecule has 3 rings (SSSR count). The Kier molecular flexibility index (Phi) is 4.11. The Morgan fingerprint density at radius 3 is 2.43 bits per heavy atom. The van der Waals surface area contributed by atoms with Crippen molar-refractivity contribution in [2.24, 2.45) is 0 Å². The molecule has 0 N–H and O–H groups in total. The molecule has 0 amide bonds. The molecule has 0 saturated heterocycles. The van der Waals surface area contributed by atoms with Crippen molar-refractivity contribution in [3.63, 3.8) is 0 Å². The summed E-state index contributed by atoms with van der Waals surface area (Å²) < 4.78 is 1.09. The maximum atomic E-state index is 5.82. The second-order valence-corrected chi connectivity index (χ2v) is 5.85. The number of hydrogen-bond acceptors (Lipinski definition) is 2. The van der Waals surface area contributed by atoms with Crippen LogP contribution in [0.25, 0.3) is 6.08 Å². The molecule has 2 aromatic carbocycles. The molecule has 0 unspecified atom stereocenters. The van der Waals surface area contributed by atoms with Gasteiger partial charge in [0.1, 0.15) is 5.76 Å². The van der Waals surface area contributed by atoms with E-state index in [1.807, 2.05) is 42.3 Å². The van der Waals surface area contributed by atoms with E-state index < -0.39 is 0 Å². The summed E-state index contributed by atoms with van der Waals surface area (Å²) in [6.07, 6.45) is 4.24. The van der Waals surface area contributed by atoms with E-state index in [1.165, 1.54) is 11.1 Å². The topological polar surface area (TPSA) is 12.5 Å². The third-order valence-corrected chi connectivity index (χ3v) is 3.93. The summed E-state index contributed by atoms with van der Waals surface area (Å²) in [5.74, 6) is 0.951. The molecule has 1 aliphatic rings. The van der Waals surface area contributed by atoms with Gasteiger partial charge in [-0.15, -0.1) is 0 Å². The molecule has 0 spiro atoms. The van der Waals surface area contributed by atoms with Gasteiger partial charge in [-0.25, -0.2) is 5.06 Å². The van der Waals surface area contributed by atoms with Crippen LogP contribution in [0.1, 0.15) is 12.5 Å². The fraction of sp³-hybridized carbons (Fsp3) is 0.111. The second-order valence-electron chi connectivity index (χ2n) is 4.93. The molecule has 0 fully saturated rings. The molecule has 1 aliphatic heterocycles. The molecule has 0 bridgehead atoms. The van der Waals surface area contributed by atoms with Gasteiger partial charge in [-0.2, -0.15) is 0 Å². The summed E-state index contributed by atoms with van der Waals surface area (Å²) in [5, 5.41) is 1.91. The molecular weight excluding hydrogens is 326 g/mol. The van der Waals surface area contributed by atoms with E-state index >= 15 is 0 Å². The Labute approximate surface area is 133 Å². The fourth-order valence-electron chi connectivity index (χ4n) is 2.20. The number of hydroxylamine groups is 1. The number of benzene rings is 2. The first kappa shape index (κ1) is 14.0. The number of rotatable bonds is 3. The standard InChI is InChI=1S/C18H16BrNO/c1-14-16(10-7-15-8-11-17(19)12-9-15)13-20(21-14)18-5-3-2-4-6-18/h2-12H,13H2,1H3/b10-7+. The first-order chi connectivity index (χ1) is 10.2. The highest BCUT2D eigenvalue weighted by atomic mass is 79.9. The van der Waals surface area contributed by atoms with Crippen LogP contribution >= 0.6 is 15.9 Å². The first-order valence-electron chi connectivity index (χ1n) is 6.86. The monoisotopic (exact) mass is 341 g/mol. The number of nitrogens with zero attached hydrogens (tertiary/aromatic N) is 1. The molecule has 0 saturated carbocycles. The van der Waals surface area contributed by atoms with Gasteiger partial charge < -0.3 is 4.84 Å². The Morgan fingerprint density at radius 1 is 1.00 bits per heavy atom. The minimum atomic E-state index is 0.767. The number of allylic oxidation sites excluding steroid dienone is 1. The third-order valence-electron chi connectivity index (χ3n) is 3.40. The van der Waals surface area contributed by atoms with E-state index in [0.717, 1.165) is 22.5 Å². The van der Waals surface area contributed by atoms with Gasteiger partial charge in [0.25, 0.3) is 0 Å². The zero-order valence-corrected chi connectivity index (χ0v) is 13.4. The van der Waals surface area contributed by atoms with Crippen molar-refractivity contribution in [3.8, 4) is 0 Å². The Balaban J connectivity index is 1.71. The van der Waals surface area contributed by atoms with Crippen LogP contribution in [0.15, 0.2) is 76.5 Å². The SMILES string of the molecule is CC1=C(/C=C/c2ccc(Br)cc2)CN(c2ccccc2)O1. The Hall–Kier alpha value is -2.00. The van der Waals surface area contributed by atoms with Crippen LogP contribution in [-0.2, 0) is 4.84 Å². The second kappa shape index (κ2) is 6.19. The number of hydrogen-bond donors (Lipinski definition) is 0. The lowest BCUT2D eigenvalue weighted by Crippen LogP contribution is -2.17. The molecule has 0 atom stereocenters. The van der Waals surface area contributed by atoms with Crippen molar-refractivity contribution in [1.29, 1.82) is 0 Å². The van der Waals surface area contributed by atoms with E-state index in [9.17, 15) is 0 Å². The molecule has 0 aliphatic carbocycles. The van der Waals surface area contributed by atoms with Gasteiger partial charge in [0.15, 0.2) is 0 Å². The van der Waals surface area contributed by atoms with Gasteiger partial charge in [0, 0.05) is 10.0 Å². The van der Waals surface area contributed by atoms with E-state index in [0.29, 0.717) is 0 Å². The highest BCUT2D eigenvalue weighted by molar-refractivity contribution is 9.10. The van der Waals surface area contributed by atoms with Crippen LogP contribution < -0.4 is 5.06 Å². The lowest BCUT2D eigenvalue weighted by atomic mass is 10.1. The van der Waals surface area contributed by atoms with Gasteiger partial charge in [0.05, 0.1) is 12.2 Å². The maximum Gasteiger partial charge on any atom is 0.134 e. The molecule has 2 aromatic rings. The van der Waals surface area contributed by atoms with Gasteiger partial charge in [0.2, 0.25) is 0 Å². The summed E-state index contributed by atoms with van der Waals surface area (Å²) in [6.45, 7) is 2.77. The lowest BCUT2D eigenvalue weighted by molar-refractivity contribution is 0.214. The van der Waals surface area contributed by atoms with Crippen LogP contribution in [0.5, 0.6) is 0 Å². The predicted octanol–water partition coefficient (Wildman–Crippen LogP) is 5.19. The molecule has 1 heterocycles. The number of halogens is 1. The fourth-order valence-corrected chi connectivity index (χ4v) is 2.47. The summed E-state index contributed by atoms with van der Waals surface area (Å²) in [6, 6.07) is 18.4. The first-order valence-corrected chi connectivity index (χ1v) is 7.65. The molecule has 0 radical (unpaired) electrons. The number of anilines is 1. The Bertz CT molecular complexity index is 674. The van der Waals surface area contributed by atoms with Gasteiger partial charge >= 0.3 is 0 Å². The highest BCUT2D eigenvalue weighted by Gasteiger charge is 2.19. The van der Waals surface area contributed by atoms with Crippen molar-refractivity contribution in [3.05, 3.63) is 82.0 Å². The van der Waals surface area contributed by atoms with Gasteiger partial charge in [-0.05, 0) is 36.8 Å². The lowest BCUT2D eigenvalue weighted by Gasteiger charge is -2.17. The van der Waals surface area contributed by atoms with Crippen molar-refractivity contribution >= 4 is 27.7 Å². The Morgan fingerprint density at radius 2 is 1.71 bits per heavy atom. The average Bonchev–Trinajstić information content (AvgIpc) is 2.89. The van der Waals surface area contributed by atoms with Crippen LogP contribution in [0, 0.1) is 0 Å². The van der Waals surface area contributed by atoms with E-state index in [4.69, 9.17) is 4.84 Å². The van der Waals surface area contributed by atoms with Crippen molar-refractivity contribution < 1.29 is 4.84 Å². The predicted molar refractivity (Wildman–Crippen MR) is 90.7 cm³/mol. The van der Waals surface area contributed by atoms with E-state index in [1.54, 1.807) is 0 Å². The molecule has 0 aromatic heterocycles.